The van der Waals surface area contributed by atoms with Crippen molar-refractivity contribution in [1.82, 2.24) is 9.97 Å². The Balaban J connectivity index is 2.13. The lowest BCUT2D eigenvalue weighted by atomic mass is 10.2. The molecule has 1 aromatic heterocycles. The Kier molecular flexibility index (Phi) is 4.55. The lowest BCUT2D eigenvalue weighted by molar-refractivity contribution is 0.0991. The Morgan fingerprint density at radius 3 is 2.71 bits per heavy atom. The summed E-state index contributed by atoms with van der Waals surface area (Å²) >= 11 is 7.35. The van der Waals surface area contributed by atoms with Crippen LogP contribution in [0.15, 0.2) is 41.3 Å². The SMILES string of the molecule is CSc1ccc2c(Nc3ccc(F)c(Cl)c3)nc(C(N)=O)nc2c1. The number of nitrogens with one attached hydrogen (secondary N) is 1. The predicted octanol–water partition coefficient (Wildman–Crippen LogP) is 3.99. The summed E-state index contributed by atoms with van der Waals surface area (Å²) in [4.78, 5) is 20.8. The number of rotatable bonds is 4. The molecule has 2 aromatic carbocycles. The highest BCUT2D eigenvalue weighted by Crippen LogP contribution is 2.28. The van der Waals surface area contributed by atoms with E-state index < -0.39 is 11.7 Å². The third-order valence-electron chi connectivity index (χ3n) is 3.31. The lowest BCUT2D eigenvalue weighted by Gasteiger charge is -2.11. The van der Waals surface area contributed by atoms with Gasteiger partial charge in [0.15, 0.2) is 0 Å². The van der Waals surface area contributed by atoms with Gasteiger partial charge in [-0.3, -0.25) is 4.79 Å². The van der Waals surface area contributed by atoms with Crippen LogP contribution in [0.4, 0.5) is 15.9 Å². The maximum absolute atomic E-state index is 13.3. The highest BCUT2D eigenvalue weighted by atomic mass is 35.5. The number of amides is 1. The van der Waals surface area contributed by atoms with E-state index in [1.165, 1.54) is 18.2 Å². The van der Waals surface area contributed by atoms with E-state index in [4.69, 9.17) is 17.3 Å². The first-order valence-corrected chi connectivity index (χ1v) is 8.46. The highest BCUT2D eigenvalue weighted by molar-refractivity contribution is 7.98. The van der Waals surface area contributed by atoms with E-state index in [9.17, 15) is 9.18 Å². The second-order valence-electron chi connectivity index (χ2n) is 4.90. The minimum atomic E-state index is -0.730. The van der Waals surface area contributed by atoms with E-state index in [2.05, 4.69) is 15.3 Å². The van der Waals surface area contributed by atoms with Crippen LogP contribution in [0.3, 0.4) is 0 Å². The van der Waals surface area contributed by atoms with Crippen LogP contribution < -0.4 is 11.1 Å². The number of fused-ring (bicyclic) bond motifs is 1. The molecule has 0 atom stereocenters. The Morgan fingerprint density at radius 1 is 1.25 bits per heavy atom. The summed E-state index contributed by atoms with van der Waals surface area (Å²) in [5.74, 6) is -0.954. The molecular weight excluding hydrogens is 351 g/mol. The zero-order chi connectivity index (χ0) is 17.3. The molecule has 0 aliphatic heterocycles. The number of benzene rings is 2. The molecule has 1 amide bonds. The number of hydrogen-bond acceptors (Lipinski definition) is 5. The quantitative estimate of drug-likeness (QED) is 0.686. The van der Waals surface area contributed by atoms with Crippen LogP contribution >= 0.6 is 23.4 Å². The van der Waals surface area contributed by atoms with E-state index in [0.29, 0.717) is 22.4 Å². The van der Waals surface area contributed by atoms with Gasteiger partial charge in [-0.1, -0.05) is 11.6 Å². The second-order valence-corrected chi connectivity index (χ2v) is 6.18. The molecule has 3 rings (SSSR count). The van der Waals surface area contributed by atoms with Gasteiger partial charge in [-0.25, -0.2) is 14.4 Å². The van der Waals surface area contributed by atoms with Crippen molar-refractivity contribution in [3.05, 3.63) is 53.1 Å². The summed E-state index contributed by atoms with van der Waals surface area (Å²) in [6.07, 6.45) is 1.94. The van der Waals surface area contributed by atoms with Gasteiger partial charge >= 0.3 is 0 Å². The minimum absolute atomic E-state index is 0.0156. The number of anilines is 2. The van der Waals surface area contributed by atoms with Gasteiger partial charge in [-0.2, -0.15) is 0 Å². The lowest BCUT2D eigenvalue weighted by Crippen LogP contribution is -2.16. The van der Waals surface area contributed by atoms with Crippen molar-refractivity contribution < 1.29 is 9.18 Å². The van der Waals surface area contributed by atoms with Gasteiger partial charge in [-0.05, 0) is 42.7 Å². The van der Waals surface area contributed by atoms with Gasteiger partial charge < -0.3 is 11.1 Å². The standard InChI is InChI=1S/C16H12ClFN4OS/c1-24-9-3-4-10-13(7-9)21-16(14(19)23)22-15(10)20-8-2-5-12(18)11(17)6-8/h2-7H,1H3,(H2,19,23)(H,20,21,22). The van der Waals surface area contributed by atoms with Gasteiger partial charge in [0.1, 0.15) is 11.6 Å². The first-order chi connectivity index (χ1) is 11.5. The number of carbonyl (C=O) groups is 1. The van der Waals surface area contributed by atoms with Crippen LogP contribution in [0, 0.1) is 5.82 Å². The average Bonchev–Trinajstić information content (AvgIpc) is 2.57. The van der Waals surface area contributed by atoms with Crippen molar-refractivity contribution in [2.75, 3.05) is 11.6 Å². The molecule has 0 spiro atoms. The highest BCUT2D eigenvalue weighted by Gasteiger charge is 2.13. The van der Waals surface area contributed by atoms with Gasteiger partial charge in [0.25, 0.3) is 5.91 Å². The molecule has 3 aromatic rings. The second kappa shape index (κ2) is 6.62. The molecule has 0 aliphatic carbocycles. The molecule has 0 fully saturated rings. The fraction of sp³-hybridized carbons (Fsp3) is 0.0625. The largest absolute Gasteiger partial charge is 0.363 e. The number of aromatic nitrogens is 2. The van der Waals surface area contributed by atoms with Crippen molar-refractivity contribution in [2.24, 2.45) is 5.73 Å². The summed E-state index contributed by atoms with van der Waals surface area (Å²) in [5, 5.41) is 3.72. The molecule has 0 saturated heterocycles. The van der Waals surface area contributed by atoms with Crippen molar-refractivity contribution in [1.29, 1.82) is 0 Å². The fourth-order valence-electron chi connectivity index (χ4n) is 2.15. The van der Waals surface area contributed by atoms with Crippen LogP contribution in [-0.2, 0) is 0 Å². The predicted molar refractivity (Wildman–Crippen MR) is 94.5 cm³/mol. The van der Waals surface area contributed by atoms with Crippen molar-refractivity contribution in [2.45, 2.75) is 4.90 Å². The zero-order valence-electron chi connectivity index (χ0n) is 12.5. The number of halogens is 2. The smallest absolute Gasteiger partial charge is 0.286 e. The molecule has 0 aliphatic rings. The molecule has 0 bridgehead atoms. The maximum Gasteiger partial charge on any atom is 0.286 e. The maximum atomic E-state index is 13.3. The summed E-state index contributed by atoms with van der Waals surface area (Å²) in [5.41, 5.74) is 6.43. The van der Waals surface area contributed by atoms with Crippen LogP contribution in [0.1, 0.15) is 10.6 Å². The number of nitrogens with two attached hydrogens (primary N) is 1. The summed E-state index contributed by atoms with van der Waals surface area (Å²) < 4.78 is 13.3. The van der Waals surface area contributed by atoms with Crippen molar-refractivity contribution >= 4 is 51.7 Å². The third-order valence-corrected chi connectivity index (χ3v) is 4.32. The van der Waals surface area contributed by atoms with Crippen LogP contribution in [0.5, 0.6) is 0 Å². The Labute approximate surface area is 146 Å². The van der Waals surface area contributed by atoms with Crippen LogP contribution in [-0.4, -0.2) is 22.1 Å². The van der Waals surface area contributed by atoms with E-state index in [1.807, 2.05) is 24.5 Å². The third kappa shape index (κ3) is 3.27. The molecule has 24 heavy (non-hydrogen) atoms. The number of primary amides is 1. The van der Waals surface area contributed by atoms with Crippen molar-refractivity contribution in [3.63, 3.8) is 0 Å². The molecule has 0 radical (unpaired) electrons. The monoisotopic (exact) mass is 362 g/mol. The van der Waals surface area contributed by atoms with E-state index in [0.717, 1.165) is 4.90 Å². The molecular formula is C16H12ClFN4OS. The molecule has 0 saturated carbocycles. The summed E-state index contributed by atoms with van der Waals surface area (Å²) in [6, 6.07) is 9.81. The molecule has 5 nitrogen and oxygen atoms in total. The summed E-state index contributed by atoms with van der Waals surface area (Å²) in [6.45, 7) is 0. The zero-order valence-corrected chi connectivity index (χ0v) is 14.1. The molecule has 3 N–H and O–H groups in total. The van der Waals surface area contributed by atoms with Crippen LogP contribution in [0.2, 0.25) is 5.02 Å². The molecule has 8 heteroatoms. The fourth-order valence-corrected chi connectivity index (χ4v) is 2.77. The first kappa shape index (κ1) is 16.5. The van der Waals surface area contributed by atoms with Crippen molar-refractivity contribution in [3.8, 4) is 0 Å². The first-order valence-electron chi connectivity index (χ1n) is 6.85. The molecule has 122 valence electrons. The number of thioether (sulfide) groups is 1. The Hall–Kier alpha value is -2.38. The average molecular weight is 363 g/mol. The molecule has 1 heterocycles. The van der Waals surface area contributed by atoms with E-state index >= 15 is 0 Å². The Bertz CT molecular complexity index is 951. The molecule has 0 unspecified atom stereocenters. The van der Waals surface area contributed by atoms with E-state index in [-0.39, 0.29) is 10.8 Å². The topological polar surface area (TPSA) is 80.9 Å². The number of nitrogens with zero attached hydrogens (tertiary/aromatic N) is 2. The number of carbonyl (C=O) groups excluding carboxylic acids is 1. The minimum Gasteiger partial charge on any atom is -0.363 e. The van der Waals surface area contributed by atoms with Gasteiger partial charge in [-0.15, -0.1) is 11.8 Å². The van der Waals surface area contributed by atoms with E-state index in [1.54, 1.807) is 11.8 Å². The van der Waals surface area contributed by atoms with Crippen LogP contribution in [0.25, 0.3) is 10.9 Å². The van der Waals surface area contributed by atoms with Gasteiger partial charge in [0.2, 0.25) is 5.82 Å². The Morgan fingerprint density at radius 2 is 2.04 bits per heavy atom. The van der Waals surface area contributed by atoms with Gasteiger partial charge in [0, 0.05) is 16.0 Å². The summed E-state index contributed by atoms with van der Waals surface area (Å²) in [7, 11) is 0. The van der Waals surface area contributed by atoms with Gasteiger partial charge in [0.05, 0.1) is 10.5 Å². The number of hydrogen-bond donors (Lipinski definition) is 2. The normalized spacial score (nSPS) is 10.8.